The van der Waals surface area contributed by atoms with E-state index in [2.05, 4.69) is 14.5 Å². The van der Waals surface area contributed by atoms with E-state index in [0.717, 1.165) is 23.5 Å². The number of fused-ring (bicyclic) bond motifs is 1. The van der Waals surface area contributed by atoms with Crippen molar-refractivity contribution in [1.82, 2.24) is 4.90 Å². The minimum absolute atomic E-state index is 0.206. The Morgan fingerprint density at radius 3 is 2.58 bits per heavy atom. The molecule has 0 radical (unpaired) electrons. The lowest BCUT2D eigenvalue weighted by Gasteiger charge is -2.25. The van der Waals surface area contributed by atoms with Gasteiger partial charge in [0.2, 0.25) is 0 Å². The van der Waals surface area contributed by atoms with Crippen molar-refractivity contribution in [2.24, 2.45) is 0 Å². The van der Waals surface area contributed by atoms with Crippen LogP contribution in [0.3, 0.4) is 0 Å². The number of hydrogen-bond donors (Lipinski definition) is 0. The first-order chi connectivity index (χ1) is 11.3. The third-order valence-electron chi connectivity index (χ3n) is 3.84. The minimum Gasteiger partial charge on any atom is -0.406 e. The first-order valence-electron chi connectivity index (χ1n) is 7.42. The number of benzene rings is 2. The summed E-state index contributed by atoms with van der Waals surface area (Å²) in [4.78, 5) is 4.11. The standard InChI is InChI=1S/C17H16ClF3N2O/c1-22-7-8-23(14-4-2-3-13(18)10-14)16-6-5-15(9-12(16)11-22)24-17(19,20)21/h2-6,9-10H,7-8,11H2,1H3. The molecule has 3 rings (SSSR count). The lowest BCUT2D eigenvalue weighted by atomic mass is 10.1. The molecule has 7 heteroatoms. The summed E-state index contributed by atoms with van der Waals surface area (Å²) >= 11 is 6.08. The van der Waals surface area contributed by atoms with E-state index in [1.54, 1.807) is 12.1 Å². The van der Waals surface area contributed by atoms with E-state index in [1.165, 1.54) is 12.1 Å². The van der Waals surface area contributed by atoms with E-state index in [4.69, 9.17) is 11.6 Å². The maximum absolute atomic E-state index is 12.5. The molecular formula is C17H16ClF3N2O. The zero-order valence-electron chi connectivity index (χ0n) is 13.0. The van der Waals surface area contributed by atoms with Gasteiger partial charge in [0.1, 0.15) is 5.75 Å². The Morgan fingerprint density at radius 2 is 1.88 bits per heavy atom. The first-order valence-corrected chi connectivity index (χ1v) is 7.80. The van der Waals surface area contributed by atoms with Crippen molar-refractivity contribution in [2.75, 3.05) is 25.0 Å². The fourth-order valence-corrected chi connectivity index (χ4v) is 3.01. The van der Waals surface area contributed by atoms with Gasteiger partial charge in [0.25, 0.3) is 0 Å². The SMILES string of the molecule is CN1CCN(c2cccc(Cl)c2)c2ccc(OC(F)(F)F)cc2C1. The molecule has 24 heavy (non-hydrogen) atoms. The number of alkyl halides is 3. The van der Waals surface area contributed by atoms with Crippen LogP contribution in [0.2, 0.25) is 5.02 Å². The van der Waals surface area contributed by atoms with Gasteiger partial charge in [-0.25, -0.2) is 0 Å². The lowest BCUT2D eigenvalue weighted by Crippen LogP contribution is -2.26. The van der Waals surface area contributed by atoms with Crippen LogP contribution in [-0.2, 0) is 6.54 Å². The van der Waals surface area contributed by atoms with E-state index in [1.807, 2.05) is 25.2 Å². The Hall–Kier alpha value is -1.92. The maximum Gasteiger partial charge on any atom is 0.573 e. The molecule has 0 saturated carbocycles. The van der Waals surface area contributed by atoms with Crippen molar-refractivity contribution < 1.29 is 17.9 Å². The van der Waals surface area contributed by atoms with Crippen molar-refractivity contribution in [3.8, 4) is 5.75 Å². The van der Waals surface area contributed by atoms with Crippen molar-refractivity contribution >= 4 is 23.0 Å². The molecule has 2 aromatic carbocycles. The molecule has 0 fully saturated rings. The molecular weight excluding hydrogens is 341 g/mol. The molecule has 1 aliphatic heterocycles. The number of rotatable bonds is 2. The predicted molar refractivity (Wildman–Crippen MR) is 87.9 cm³/mol. The molecule has 0 saturated heterocycles. The van der Waals surface area contributed by atoms with Gasteiger partial charge in [-0.3, -0.25) is 0 Å². The van der Waals surface area contributed by atoms with Crippen LogP contribution in [0.15, 0.2) is 42.5 Å². The normalized spacial score (nSPS) is 15.8. The lowest BCUT2D eigenvalue weighted by molar-refractivity contribution is -0.274. The molecule has 1 aliphatic rings. The topological polar surface area (TPSA) is 15.7 Å². The highest BCUT2D eigenvalue weighted by atomic mass is 35.5. The average molecular weight is 357 g/mol. The Labute approximate surface area is 143 Å². The van der Waals surface area contributed by atoms with Crippen LogP contribution in [0.1, 0.15) is 5.56 Å². The van der Waals surface area contributed by atoms with Crippen molar-refractivity contribution in [3.63, 3.8) is 0 Å². The second-order valence-electron chi connectivity index (χ2n) is 5.71. The highest BCUT2D eigenvalue weighted by molar-refractivity contribution is 6.30. The number of halogens is 4. The number of ether oxygens (including phenoxy) is 1. The summed E-state index contributed by atoms with van der Waals surface area (Å²) in [7, 11) is 1.93. The van der Waals surface area contributed by atoms with Crippen LogP contribution < -0.4 is 9.64 Å². The van der Waals surface area contributed by atoms with Gasteiger partial charge in [-0.05, 0) is 49.0 Å². The molecule has 0 aliphatic carbocycles. The van der Waals surface area contributed by atoms with Crippen LogP contribution in [0, 0.1) is 0 Å². The minimum atomic E-state index is -4.70. The zero-order valence-corrected chi connectivity index (χ0v) is 13.7. The molecule has 0 N–H and O–H groups in total. The Balaban J connectivity index is 2.01. The third kappa shape index (κ3) is 3.94. The molecule has 0 bridgehead atoms. The second-order valence-corrected chi connectivity index (χ2v) is 6.14. The van der Waals surface area contributed by atoms with Gasteiger partial charge in [-0.15, -0.1) is 13.2 Å². The Kier molecular flexibility index (Phi) is 4.60. The van der Waals surface area contributed by atoms with E-state index in [-0.39, 0.29) is 5.75 Å². The number of anilines is 2. The van der Waals surface area contributed by atoms with Crippen LogP contribution in [0.4, 0.5) is 24.5 Å². The van der Waals surface area contributed by atoms with E-state index in [0.29, 0.717) is 18.1 Å². The van der Waals surface area contributed by atoms with Crippen LogP contribution in [0.25, 0.3) is 0 Å². The van der Waals surface area contributed by atoms with E-state index >= 15 is 0 Å². The highest BCUT2D eigenvalue weighted by Crippen LogP contribution is 2.35. The molecule has 0 atom stereocenters. The molecule has 3 nitrogen and oxygen atoms in total. The molecule has 0 unspecified atom stereocenters. The average Bonchev–Trinajstić information content (AvgIpc) is 2.63. The van der Waals surface area contributed by atoms with Gasteiger partial charge in [0.15, 0.2) is 0 Å². The van der Waals surface area contributed by atoms with Gasteiger partial charge in [-0.1, -0.05) is 17.7 Å². The summed E-state index contributed by atoms with van der Waals surface area (Å²) < 4.78 is 41.4. The summed E-state index contributed by atoms with van der Waals surface area (Å²) in [6.45, 7) is 2.03. The van der Waals surface area contributed by atoms with Crippen molar-refractivity contribution in [2.45, 2.75) is 12.9 Å². The third-order valence-corrected chi connectivity index (χ3v) is 4.08. The Morgan fingerprint density at radius 1 is 1.08 bits per heavy atom. The molecule has 0 amide bonds. The monoisotopic (exact) mass is 356 g/mol. The smallest absolute Gasteiger partial charge is 0.406 e. The Bertz CT molecular complexity index is 736. The van der Waals surface area contributed by atoms with Crippen LogP contribution in [0.5, 0.6) is 5.75 Å². The number of nitrogens with zero attached hydrogens (tertiary/aromatic N) is 2. The fraction of sp³-hybridized carbons (Fsp3) is 0.294. The van der Waals surface area contributed by atoms with Crippen LogP contribution in [-0.4, -0.2) is 31.4 Å². The maximum atomic E-state index is 12.5. The first kappa shape index (κ1) is 16.9. The van der Waals surface area contributed by atoms with Crippen LogP contribution >= 0.6 is 11.6 Å². The molecule has 0 aromatic heterocycles. The van der Waals surface area contributed by atoms with Gasteiger partial charge in [0.05, 0.1) is 0 Å². The predicted octanol–water partition coefficient (Wildman–Crippen LogP) is 4.82. The number of likely N-dealkylation sites (N-methyl/N-ethyl adjacent to an activating group) is 1. The zero-order chi connectivity index (χ0) is 17.3. The summed E-state index contributed by atoms with van der Waals surface area (Å²) in [5.41, 5.74) is 2.54. The summed E-state index contributed by atoms with van der Waals surface area (Å²) in [6, 6.07) is 11.9. The van der Waals surface area contributed by atoms with Gasteiger partial charge < -0.3 is 14.5 Å². The quantitative estimate of drug-likeness (QED) is 0.767. The van der Waals surface area contributed by atoms with Gasteiger partial charge >= 0.3 is 6.36 Å². The number of hydrogen-bond acceptors (Lipinski definition) is 3. The fourth-order valence-electron chi connectivity index (χ4n) is 2.82. The molecule has 1 heterocycles. The van der Waals surface area contributed by atoms with Crippen molar-refractivity contribution in [1.29, 1.82) is 0 Å². The molecule has 0 spiro atoms. The highest BCUT2D eigenvalue weighted by Gasteiger charge is 2.31. The van der Waals surface area contributed by atoms with Crippen molar-refractivity contribution in [3.05, 3.63) is 53.1 Å². The summed E-state index contributed by atoms with van der Waals surface area (Å²) in [6.07, 6.45) is -4.70. The van der Waals surface area contributed by atoms with E-state index < -0.39 is 6.36 Å². The summed E-state index contributed by atoms with van der Waals surface area (Å²) in [5.74, 6) is -0.206. The molecule has 128 valence electrons. The van der Waals surface area contributed by atoms with Gasteiger partial charge in [0, 0.05) is 36.0 Å². The van der Waals surface area contributed by atoms with Gasteiger partial charge in [-0.2, -0.15) is 0 Å². The van der Waals surface area contributed by atoms with E-state index in [9.17, 15) is 13.2 Å². The largest absolute Gasteiger partial charge is 0.573 e. The summed E-state index contributed by atoms with van der Waals surface area (Å²) in [5, 5.41) is 0.615. The second kappa shape index (κ2) is 6.53. The molecule has 2 aromatic rings.